The molecule has 24 heavy (non-hydrogen) atoms. The van der Waals surface area contributed by atoms with Crippen LogP contribution in [0.25, 0.3) is 0 Å². The molecule has 0 aliphatic carbocycles. The number of hydrazine groups is 1. The lowest BCUT2D eigenvalue weighted by atomic mass is 10.2. The fraction of sp³-hybridized carbons (Fsp3) is 0.214. The Bertz CT molecular complexity index is 870. The summed E-state index contributed by atoms with van der Waals surface area (Å²) < 4.78 is 62.1. The van der Waals surface area contributed by atoms with Gasteiger partial charge in [-0.25, -0.2) is 13.4 Å². The van der Waals surface area contributed by atoms with E-state index in [1.807, 2.05) is 11.8 Å². The number of nitrogens with zero attached hydrogens (tertiary/aromatic N) is 1. The van der Waals surface area contributed by atoms with Crippen LogP contribution in [0.2, 0.25) is 5.02 Å². The molecule has 5 nitrogen and oxygen atoms in total. The van der Waals surface area contributed by atoms with Crippen molar-refractivity contribution in [2.24, 2.45) is 0 Å². The fourth-order valence-electron chi connectivity index (χ4n) is 1.96. The monoisotopic (exact) mass is 379 g/mol. The molecule has 0 atom stereocenters. The minimum Gasteiger partial charge on any atom is -0.291 e. The molecule has 1 aromatic carbocycles. The Morgan fingerprint density at radius 2 is 1.83 bits per heavy atom. The van der Waals surface area contributed by atoms with E-state index in [9.17, 15) is 21.6 Å². The quantitative estimate of drug-likeness (QED) is 0.795. The second-order valence-electron chi connectivity index (χ2n) is 5.05. The maximum absolute atomic E-state index is 12.5. The van der Waals surface area contributed by atoms with E-state index in [0.29, 0.717) is 17.8 Å². The summed E-state index contributed by atoms with van der Waals surface area (Å²) in [5, 5.41) is -0.367. The Hall–Kier alpha value is -1.84. The van der Waals surface area contributed by atoms with E-state index in [2.05, 4.69) is 10.4 Å². The highest BCUT2D eigenvalue weighted by molar-refractivity contribution is 7.89. The second kappa shape index (κ2) is 6.58. The minimum absolute atomic E-state index is 0.0311. The van der Waals surface area contributed by atoms with E-state index in [0.717, 1.165) is 5.56 Å². The molecular formula is C14H13ClF3N3O2S. The van der Waals surface area contributed by atoms with Crippen LogP contribution in [0.5, 0.6) is 0 Å². The summed E-state index contributed by atoms with van der Waals surface area (Å²) >= 11 is 5.70. The highest BCUT2D eigenvalue weighted by Gasteiger charge is 2.31. The summed E-state index contributed by atoms with van der Waals surface area (Å²) in [6.45, 7) is 3.45. The predicted octanol–water partition coefficient (Wildman–Crippen LogP) is 3.68. The number of aromatic nitrogens is 1. The zero-order valence-corrected chi connectivity index (χ0v) is 14.1. The molecule has 2 aromatic rings. The van der Waals surface area contributed by atoms with Crippen LogP contribution < -0.4 is 10.3 Å². The van der Waals surface area contributed by atoms with Gasteiger partial charge in [-0.1, -0.05) is 29.3 Å². The molecule has 0 saturated heterocycles. The number of sulfonamides is 1. The predicted molar refractivity (Wildman–Crippen MR) is 84.1 cm³/mol. The summed E-state index contributed by atoms with van der Waals surface area (Å²) in [5.74, 6) is -0.238. The highest BCUT2D eigenvalue weighted by Crippen LogP contribution is 2.32. The number of rotatable bonds is 4. The molecule has 1 aromatic heterocycles. The van der Waals surface area contributed by atoms with Crippen LogP contribution in [-0.4, -0.2) is 13.4 Å². The zero-order valence-electron chi connectivity index (χ0n) is 12.6. The third-order valence-electron chi connectivity index (χ3n) is 3.09. The minimum atomic E-state index is -4.59. The SMILES string of the molecule is Cc1ccc(S(=O)(=O)NNc2ncc(C(F)(F)F)cc2Cl)c(C)c1. The molecule has 0 fully saturated rings. The van der Waals surface area contributed by atoms with Gasteiger partial charge in [0.2, 0.25) is 0 Å². The van der Waals surface area contributed by atoms with Crippen molar-refractivity contribution < 1.29 is 21.6 Å². The van der Waals surface area contributed by atoms with Crippen molar-refractivity contribution in [3.63, 3.8) is 0 Å². The number of pyridine rings is 1. The first-order valence-corrected chi connectivity index (χ1v) is 8.44. The van der Waals surface area contributed by atoms with Gasteiger partial charge in [-0.2, -0.15) is 13.2 Å². The molecule has 0 aliphatic rings. The van der Waals surface area contributed by atoms with Gasteiger partial charge in [0.25, 0.3) is 10.0 Å². The lowest BCUT2D eigenvalue weighted by molar-refractivity contribution is -0.137. The average molecular weight is 380 g/mol. The number of hydrogen-bond donors (Lipinski definition) is 2. The number of halogens is 4. The Morgan fingerprint density at radius 3 is 2.38 bits per heavy atom. The van der Waals surface area contributed by atoms with Crippen LogP contribution >= 0.6 is 11.6 Å². The molecule has 0 amide bonds. The summed E-state index contributed by atoms with van der Waals surface area (Å²) in [4.78, 5) is 5.56. The largest absolute Gasteiger partial charge is 0.417 e. The highest BCUT2D eigenvalue weighted by atomic mass is 35.5. The van der Waals surface area contributed by atoms with Crippen LogP contribution in [0.1, 0.15) is 16.7 Å². The van der Waals surface area contributed by atoms with Gasteiger partial charge in [0.05, 0.1) is 15.5 Å². The number of benzene rings is 1. The Kier molecular flexibility index (Phi) is 5.07. The van der Waals surface area contributed by atoms with Crippen molar-refractivity contribution >= 4 is 27.4 Å². The molecule has 0 radical (unpaired) electrons. The maximum atomic E-state index is 12.5. The van der Waals surface area contributed by atoms with Gasteiger partial charge in [-0.15, -0.1) is 4.83 Å². The van der Waals surface area contributed by atoms with Gasteiger partial charge in [-0.3, -0.25) is 5.43 Å². The van der Waals surface area contributed by atoms with E-state index in [1.165, 1.54) is 6.07 Å². The van der Waals surface area contributed by atoms with Crippen molar-refractivity contribution in [3.8, 4) is 0 Å². The molecule has 1 heterocycles. The van der Waals surface area contributed by atoms with Crippen LogP contribution in [0.4, 0.5) is 19.0 Å². The third-order valence-corrected chi connectivity index (χ3v) is 4.79. The molecule has 10 heteroatoms. The average Bonchev–Trinajstić information content (AvgIpc) is 2.44. The first-order valence-electron chi connectivity index (χ1n) is 6.58. The van der Waals surface area contributed by atoms with E-state index >= 15 is 0 Å². The smallest absolute Gasteiger partial charge is 0.291 e. The first-order chi connectivity index (χ1) is 11.0. The zero-order chi connectivity index (χ0) is 18.1. The van der Waals surface area contributed by atoms with Gasteiger partial charge in [0, 0.05) is 6.20 Å². The molecule has 0 spiro atoms. The molecule has 130 valence electrons. The number of hydrogen-bond acceptors (Lipinski definition) is 4. The Labute approximate surface area is 141 Å². The third kappa shape index (κ3) is 4.16. The molecule has 0 aliphatic heterocycles. The summed E-state index contributed by atoms with van der Waals surface area (Å²) in [7, 11) is -3.94. The van der Waals surface area contributed by atoms with Crippen molar-refractivity contribution in [1.29, 1.82) is 0 Å². The van der Waals surface area contributed by atoms with E-state index in [4.69, 9.17) is 11.6 Å². The molecule has 0 saturated carbocycles. The first kappa shape index (κ1) is 18.5. The Morgan fingerprint density at radius 1 is 1.17 bits per heavy atom. The van der Waals surface area contributed by atoms with Gasteiger partial charge in [0.1, 0.15) is 0 Å². The number of aryl methyl sites for hydroxylation is 2. The number of alkyl halides is 3. The molecular weight excluding hydrogens is 367 g/mol. The number of nitrogens with one attached hydrogen (secondary N) is 2. The summed E-state index contributed by atoms with van der Waals surface area (Å²) in [5.41, 5.74) is 2.61. The summed E-state index contributed by atoms with van der Waals surface area (Å²) in [6.07, 6.45) is -4.03. The molecule has 2 N–H and O–H groups in total. The normalized spacial score (nSPS) is 12.2. The van der Waals surface area contributed by atoms with E-state index in [-0.39, 0.29) is 15.7 Å². The van der Waals surface area contributed by atoms with E-state index in [1.54, 1.807) is 19.1 Å². The van der Waals surface area contributed by atoms with Gasteiger partial charge >= 0.3 is 6.18 Å². The van der Waals surface area contributed by atoms with Crippen molar-refractivity contribution in [2.75, 3.05) is 5.43 Å². The molecule has 2 rings (SSSR count). The standard InChI is InChI=1S/C14H13ClF3N3O2S/c1-8-3-4-12(9(2)5-8)24(22,23)21-20-13-11(15)6-10(7-19-13)14(16,17)18/h3-7,21H,1-2H3,(H,19,20). The Balaban J connectivity index is 2.21. The van der Waals surface area contributed by atoms with Crippen molar-refractivity contribution in [2.45, 2.75) is 24.9 Å². The van der Waals surface area contributed by atoms with Crippen LogP contribution in [0.15, 0.2) is 35.4 Å². The van der Waals surface area contributed by atoms with Gasteiger partial charge in [0.15, 0.2) is 5.82 Å². The van der Waals surface area contributed by atoms with Crippen LogP contribution in [0, 0.1) is 13.8 Å². The van der Waals surface area contributed by atoms with Crippen LogP contribution in [-0.2, 0) is 16.2 Å². The number of anilines is 1. The van der Waals surface area contributed by atoms with Crippen molar-refractivity contribution in [1.82, 2.24) is 9.82 Å². The summed E-state index contributed by atoms with van der Waals surface area (Å²) in [6, 6.07) is 5.40. The molecule has 0 unspecified atom stereocenters. The van der Waals surface area contributed by atoms with Crippen molar-refractivity contribution in [3.05, 3.63) is 52.2 Å². The lowest BCUT2D eigenvalue weighted by Crippen LogP contribution is -2.30. The van der Waals surface area contributed by atoms with Crippen LogP contribution in [0.3, 0.4) is 0 Å². The van der Waals surface area contributed by atoms with Gasteiger partial charge < -0.3 is 0 Å². The fourth-order valence-corrected chi connectivity index (χ4v) is 3.24. The topological polar surface area (TPSA) is 71.1 Å². The second-order valence-corrected chi connectivity index (χ2v) is 7.11. The van der Waals surface area contributed by atoms with E-state index < -0.39 is 21.8 Å². The molecule has 0 bridgehead atoms. The maximum Gasteiger partial charge on any atom is 0.417 e. The van der Waals surface area contributed by atoms with Gasteiger partial charge in [-0.05, 0) is 31.5 Å². The lowest BCUT2D eigenvalue weighted by Gasteiger charge is -2.13.